The molecule has 1 atom stereocenters. The van der Waals surface area contributed by atoms with Crippen molar-refractivity contribution in [3.8, 4) is 11.5 Å². The average Bonchev–Trinajstić information content (AvgIpc) is 3.25. The summed E-state index contributed by atoms with van der Waals surface area (Å²) in [6.45, 7) is 1.32. The molecule has 4 rings (SSSR count). The summed E-state index contributed by atoms with van der Waals surface area (Å²) < 4.78 is 24.3. The van der Waals surface area contributed by atoms with E-state index in [1.165, 1.54) is 6.07 Å². The molecular weight excluding hydrogens is 311 g/mol. The number of nitrogens with zero attached hydrogens (tertiary/aromatic N) is 1. The molecule has 0 fully saturated rings. The Morgan fingerprint density at radius 2 is 2.00 bits per heavy atom. The van der Waals surface area contributed by atoms with E-state index in [1.807, 2.05) is 24.3 Å². The molecular formula is C18H17FN2O3. The number of ether oxygens (including phenoxy) is 2. The van der Waals surface area contributed by atoms with Gasteiger partial charge in [-0.2, -0.15) is 0 Å². The molecule has 1 N–H and O–H groups in total. The monoisotopic (exact) mass is 328 g/mol. The fourth-order valence-corrected chi connectivity index (χ4v) is 2.79. The molecule has 0 aliphatic carbocycles. The predicted octanol–water partition coefficient (Wildman–Crippen LogP) is 2.84. The summed E-state index contributed by atoms with van der Waals surface area (Å²) in [6.07, 6.45) is 0.640. The van der Waals surface area contributed by atoms with Gasteiger partial charge in [0.2, 0.25) is 6.79 Å². The van der Waals surface area contributed by atoms with Crippen LogP contribution in [0.25, 0.3) is 0 Å². The maximum atomic E-state index is 13.6. The van der Waals surface area contributed by atoms with Gasteiger partial charge in [-0.3, -0.25) is 0 Å². The fourth-order valence-electron chi connectivity index (χ4n) is 2.79. The SMILES string of the molecule is Fc1ccccc1CNC[C@H]1CC(c2ccc3c(c2)OCO3)=NO1. The highest BCUT2D eigenvalue weighted by Crippen LogP contribution is 2.33. The zero-order valence-corrected chi connectivity index (χ0v) is 13.0. The highest BCUT2D eigenvalue weighted by atomic mass is 19.1. The Bertz CT molecular complexity index is 779. The minimum Gasteiger partial charge on any atom is -0.454 e. The minimum absolute atomic E-state index is 0.0582. The van der Waals surface area contributed by atoms with Crippen LogP contribution < -0.4 is 14.8 Å². The Morgan fingerprint density at radius 1 is 1.12 bits per heavy atom. The first-order valence-electron chi connectivity index (χ1n) is 7.86. The second kappa shape index (κ2) is 6.49. The summed E-state index contributed by atoms with van der Waals surface area (Å²) in [6, 6.07) is 12.5. The van der Waals surface area contributed by atoms with Crippen molar-refractivity contribution < 1.29 is 18.7 Å². The van der Waals surface area contributed by atoms with Gasteiger partial charge in [0, 0.05) is 30.6 Å². The molecule has 0 radical (unpaired) electrons. The van der Waals surface area contributed by atoms with E-state index in [-0.39, 0.29) is 18.7 Å². The van der Waals surface area contributed by atoms with Crippen LogP contribution in [0.3, 0.4) is 0 Å². The van der Waals surface area contributed by atoms with E-state index >= 15 is 0 Å². The minimum atomic E-state index is -0.199. The molecule has 2 heterocycles. The van der Waals surface area contributed by atoms with Crippen LogP contribution in [0.2, 0.25) is 0 Å². The third-order valence-corrected chi connectivity index (χ3v) is 4.08. The number of nitrogens with one attached hydrogen (secondary N) is 1. The number of fused-ring (bicyclic) bond motifs is 1. The number of benzene rings is 2. The van der Waals surface area contributed by atoms with Crippen molar-refractivity contribution in [2.45, 2.75) is 19.1 Å². The molecule has 0 unspecified atom stereocenters. The Morgan fingerprint density at radius 3 is 2.92 bits per heavy atom. The van der Waals surface area contributed by atoms with E-state index in [2.05, 4.69) is 10.5 Å². The molecule has 2 aromatic rings. The summed E-state index contributed by atoms with van der Waals surface area (Å²) in [5.74, 6) is 1.28. The van der Waals surface area contributed by atoms with E-state index in [0.29, 0.717) is 25.1 Å². The number of hydrogen-bond donors (Lipinski definition) is 1. The first-order chi connectivity index (χ1) is 11.8. The van der Waals surface area contributed by atoms with Crippen LogP contribution in [-0.2, 0) is 11.4 Å². The molecule has 0 amide bonds. The molecule has 0 saturated heterocycles. The summed E-state index contributed by atoms with van der Waals surface area (Å²) >= 11 is 0. The third kappa shape index (κ3) is 3.05. The summed E-state index contributed by atoms with van der Waals surface area (Å²) in [5.41, 5.74) is 2.49. The van der Waals surface area contributed by atoms with Crippen LogP contribution in [0.5, 0.6) is 11.5 Å². The Balaban J connectivity index is 1.31. The second-order valence-electron chi connectivity index (χ2n) is 5.76. The van der Waals surface area contributed by atoms with Crippen LogP contribution >= 0.6 is 0 Å². The van der Waals surface area contributed by atoms with E-state index in [4.69, 9.17) is 14.3 Å². The van der Waals surface area contributed by atoms with E-state index in [1.54, 1.807) is 12.1 Å². The molecule has 24 heavy (non-hydrogen) atoms. The van der Waals surface area contributed by atoms with Gasteiger partial charge in [0.05, 0.1) is 5.71 Å². The lowest BCUT2D eigenvalue weighted by Gasteiger charge is -2.10. The lowest BCUT2D eigenvalue weighted by Crippen LogP contribution is -2.27. The molecule has 0 aromatic heterocycles. The van der Waals surface area contributed by atoms with Gasteiger partial charge < -0.3 is 19.6 Å². The van der Waals surface area contributed by atoms with Gasteiger partial charge in [-0.15, -0.1) is 0 Å². The molecule has 5 nitrogen and oxygen atoms in total. The van der Waals surface area contributed by atoms with E-state index in [9.17, 15) is 4.39 Å². The van der Waals surface area contributed by atoms with Crippen molar-refractivity contribution in [3.05, 3.63) is 59.4 Å². The van der Waals surface area contributed by atoms with Gasteiger partial charge in [0.15, 0.2) is 11.5 Å². The maximum absolute atomic E-state index is 13.6. The first-order valence-corrected chi connectivity index (χ1v) is 7.86. The lowest BCUT2D eigenvalue weighted by atomic mass is 10.0. The average molecular weight is 328 g/mol. The first kappa shape index (κ1) is 15.0. The second-order valence-corrected chi connectivity index (χ2v) is 5.76. The topological polar surface area (TPSA) is 52.1 Å². The van der Waals surface area contributed by atoms with Crippen LogP contribution in [0.4, 0.5) is 4.39 Å². The van der Waals surface area contributed by atoms with Crippen molar-refractivity contribution >= 4 is 5.71 Å². The molecule has 0 bridgehead atoms. The summed E-state index contributed by atoms with van der Waals surface area (Å²) in [7, 11) is 0. The highest BCUT2D eigenvalue weighted by Gasteiger charge is 2.23. The normalized spacial score (nSPS) is 18.4. The Hall–Kier alpha value is -2.60. The van der Waals surface area contributed by atoms with E-state index in [0.717, 1.165) is 22.8 Å². The lowest BCUT2D eigenvalue weighted by molar-refractivity contribution is 0.0848. The van der Waals surface area contributed by atoms with Crippen molar-refractivity contribution in [2.24, 2.45) is 5.16 Å². The number of oxime groups is 1. The van der Waals surface area contributed by atoms with E-state index < -0.39 is 0 Å². The quantitative estimate of drug-likeness (QED) is 0.917. The fraction of sp³-hybridized carbons (Fsp3) is 0.278. The van der Waals surface area contributed by atoms with Gasteiger partial charge in [-0.05, 0) is 24.3 Å². The number of hydrogen-bond acceptors (Lipinski definition) is 5. The van der Waals surface area contributed by atoms with Crippen LogP contribution in [0.1, 0.15) is 17.5 Å². The van der Waals surface area contributed by atoms with Crippen LogP contribution in [0, 0.1) is 5.82 Å². The van der Waals surface area contributed by atoms with Crippen LogP contribution in [-0.4, -0.2) is 25.2 Å². The largest absolute Gasteiger partial charge is 0.454 e. The van der Waals surface area contributed by atoms with Gasteiger partial charge in [0.25, 0.3) is 0 Å². The number of halogens is 1. The zero-order chi connectivity index (χ0) is 16.4. The third-order valence-electron chi connectivity index (χ3n) is 4.08. The standard InChI is InChI=1S/C18H17FN2O3/c19-15-4-2-1-3-13(15)9-20-10-14-8-16(21-24-14)12-5-6-17-18(7-12)23-11-22-17/h1-7,14,20H,8-11H2/t14-/m1/s1. The molecule has 2 aliphatic heterocycles. The van der Waals surface area contributed by atoms with Crippen molar-refractivity contribution in [2.75, 3.05) is 13.3 Å². The van der Waals surface area contributed by atoms with Crippen molar-refractivity contribution in [1.82, 2.24) is 5.32 Å². The van der Waals surface area contributed by atoms with Crippen LogP contribution in [0.15, 0.2) is 47.6 Å². The van der Waals surface area contributed by atoms with Gasteiger partial charge >= 0.3 is 0 Å². The smallest absolute Gasteiger partial charge is 0.231 e. The summed E-state index contributed by atoms with van der Waals surface area (Å²) in [5, 5.41) is 7.38. The van der Waals surface area contributed by atoms with Gasteiger partial charge in [-0.25, -0.2) is 4.39 Å². The van der Waals surface area contributed by atoms with Crippen molar-refractivity contribution in [3.63, 3.8) is 0 Å². The molecule has 0 spiro atoms. The predicted molar refractivity (Wildman–Crippen MR) is 86.7 cm³/mol. The van der Waals surface area contributed by atoms with Gasteiger partial charge in [0.1, 0.15) is 11.9 Å². The maximum Gasteiger partial charge on any atom is 0.231 e. The molecule has 0 saturated carbocycles. The Labute approximate surface area is 139 Å². The molecule has 2 aliphatic rings. The summed E-state index contributed by atoms with van der Waals surface area (Å²) in [4.78, 5) is 5.47. The molecule has 2 aromatic carbocycles. The molecule has 6 heteroatoms. The van der Waals surface area contributed by atoms with Gasteiger partial charge in [-0.1, -0.05) is 23.4 Å². The zero-order valence-electron chi connectivity index (χ0n) is 13.0. The molecule has 124 valence electrons. The highest BCUT2D eigenvalue weighted by molar-refractivity contribution is 6.01. The van der Waals surface area contributed by atoms with Crippen molar-refractivity contribution in [1.29, 1.82) is 0 Å². The Kier molecular flexibility index (Phi) is 4.04. The number of rotatable bonds is 5.